The van der Waals surface area contributed by atoms with Crippen LogP contribution >= 0.6 is 11.6 Å². The second-order valence-electron chi connectivity index (χ2n) is 6.50. The Bertz CT molecular complexity index is 1050. The maximum absolute atomic E-state index is 11.8. The highest BCUT2D eigenvalue weighted by Gasteiger charge is 2.12. The van der Waals surface area contributed by atoms with Gasteiger partial charge in [0.2, 0.25) is 0 Å². The van der Waals surface area contributed by atoms with Gasteiger partial charge in [0.25, 0.3) is 0 Å². The molecule has 0 fully saturated rings. The molecule has 0 aliphatic rings. The molecule has 1 aromatic heterocycles. The van der Waals surface area contributed by atoms with Crippen LogP contribution in [0.15, 0.2) is 53.5 Å². The van der Waals surface area contributed by atoms with Crippen LogP contribution in [0.5, 0.6) is 5.75 Å². The summed E-state index contributed by atoms with van der Waals surface area (Å²) in [5, 5.41) is 0.337. The normalized spacial score (nSPS) is 11.1. The summed E-state index contributed by atoms with van der Waals surface area (Å²) in [5.74, 6) is 0.366. The van der Waals surface area contributed by atoms with Crippen LogP contribution in [0.25, 0.3) is 5.69 Å². The van der Waals surface area contributed by atoms with Crippen molar-refractivity contribution < 1.29 is 14.3 Å². The number of carbonyl (C=O) groups is 1. The number of esters is 1. The van der Waals surface area contributed by atoms with Gasteiger partial charge in [0.15, 0.2) is 0 Å². The lowest BCUT2D eigenvalue weighted by Gasteiger charge is -2.11. The van der Waals surface area contributed by atoms with Gasteiger partial charge in [0, 0.05) is 28.9 Å². The smallest absolute Gasteiger partial charge is 0.339 e. The molecule has 0 unspecified atom stereocenters. The lowest BCUT2D eigenvalue weighted by Crippen LogP contribution is -2.01. The van der Waals surface area contributed by atoms with E-state index in [9.17, 15) is 4.79 Å². The summed E-state index contributed by atoms with van der Waals surface area (Å²) in [6, 6.07) is 15.1. The molecule has 3 rings (SSSR count). The molecule has 3 aromatic rings. The summed E-state index contributed by atoms with van der Waals surface area (Å²) in [6.45, 7) is 6.71. The second-order valence-corrected chi connectivity index (χ2v) is 6.91. The van der Waals surface area contributed by atoms with Gasteiger partial charge in [-0.25, -0.2) is 4.79 Å². The number of benzene rings is 2. The minimum atomic E-state index is -0.485. The highest BCUT2D eigenvalue weighted by molar-refractivity contribution is 6.33. The predicted molar refractivity (Wildman–Crippen MR) is 116 cm³/mol. The van der Waals surface area contributed by atoms with E-state index >= 15 is 0 Å². The SMILES string of the molecule is CCOc1ccc(-n2c(C)cc(C=Nc3ccc(Cl)c(C(=O)OC)c3)c2C)cc1. The highest BCUT2D eigenvalue weighted by atomic mass is 35.5. The van der Waals surface area contributed by atoms with E-state index in [-0.39, 0.29) is 0 Å². The van der Waals surface area contributed by atoms with Crippen LogP contribution in [0.2, 0.25) is 5.02 Å². The molecule has 29 heavy (non-hydrogen) atoms. The maximum Gasteiger partial charge on any atom is 0.339 e. The molecule has 0 aliphatic carbocycles. The summed E-state index contributed by atoms with van der Waals surface area (Å²) in [6.07, 6.45) is 1.79. The third-order valence-corrected chi connectivity index (χ3v) is 4.91. The molecule has 0 aliphatic heterocycles. The Morgan fingerprint density at radius 3 is 2.52 bits per heavy atom. The van der Waals surface area contributed by atoms with Crippen molar-refractivity contribution in [1.29, 1.82) is 0 Å². The zero-order chi connectivity index (χ0) is 21.0. The fourth-order valence-corrected chi connectivity index (χ4v) is 3.37. The molecule has 6 heteroatoms. The number of halogens is 1. The Kier molecular flexibility index (Phi) is 6.39. The number of methoxy groups -OCH3 is 1. The van der Waals surface area contributed by atoms with Gasteiger partial charge < -0.3 is 14.0 Å². The van der Waals surface area contributed by atoms with Crippen LogP contribution in [0.4, 0.5) is 5.69 Å². The first kappa shape index (κ1) is 20.7. The number of nitrogens with zero attached hydrogens (tertiary/aromatic N) is 2. The Morgan fingerprint density at radius 1 is 1.14 bits per heavy atom. The monoisotopic (exact) mass is 410 g/mol. The quantitative estimate of drug-likeness (QED) is 0.388. The lowest BCUT2D eigenvalue weighted by molar-refractivity contribution is 0.0601. The van der Waals surface area contributed by atoms with Gasteiger partial charge in [0.05, 0.1) is 30.0 Å². The van der Waals surface area contributed by atoms with E-state index in [1.165, 1.54) is 7.11 Å². The third-order valence-electron chi connectivity index (χ3n) is 4.58. The Balaban J connectivity index is 1.90. The standard InChI is InChI=1S/C23H23ClN2O3/c1-5-29-20-9-7-19(8-10-20)26-15(2)12-17(16(26)3)14-25-18-6-11-22(24)21(13-18)23(27)28-4/h6-14H,5H2,1-4H3. The highest BCUT2D eigenvalue weighted by Crippen LogP contribution is 2.25. The van der Waals surface area contributed by atoms with Gasteiger partial charge in [-0.3, -0.25) is 4.99 Å². The van der Waals surface area contributed by atoms with Crippen molar-refractivity contribution in [1.82, 2.24) is 4.57 Å². The van der Waals surface area contributed by atoms with Gasteiger partial charge >= 0.3 is 5.97 Å². The van der Waals surface area contributed by atoms with Crippen LogP contribution in [-0.2, 0) is 4.74 Å². The van der Waals surface area contributed by atoms with Gasteiger partial charge in [-0.2, -0.15) is 0 Å². The number of aryl methyl sites for hydroxylation is 1. The van der Waals surface area contributed by atoms with Crippen molar-refractivity contribution in [3.63, 3.8) is 0 Å². The number of aromatic nitrogens is 1. The average Bonchev–Trinajstić information content (AvgIpc) is 3.01. The fourth-order valence-electron chi connectivity index (χ4n) is 3.18. The molecule has 0 radical (unpaired) electrons. The van der Waals surface area contributed by atoms with Crippen molar-refractivity contribution in [2.45, 2.75) is 20.8 Å². The van der Waals surface area contributed by atoms with Gasteiger partial charge in [0.1, 0.15) is 5.75 Å². The summed E-state index contributed by atoms with van der Waals surface area (Å²) in [5.41, 5.74) is 5.13. The first-order valence-corrected chi connectivity index (χ1v) is 9.66. The largest absolute Gasteiger partial charge is 0.494 e. The van der Waals surface area contributed by atoms with Crippen molar-refractivity contribution in [2.75, 3.05) is 13.7 Å². The third kappa shape index (κ3) is 4.51. The maximum atomic E-state index is 11.8. The van der Waals surface area contributed by atoms with Gasteiger partial charge in [-0.15, -0.1) is 0 Å². The van der Waals surface area contributed by atoms with Crippen LogP contribution < -0.4 is 4.74 Å². The molecule has 0 spiro atoms. The number of carbonyl (C=O) groups excluding carboxylic acids is 1. The average molecular weight is 411 g/mol. The summed E-state index contributed by atoms with van der Waals surface area (Å²) < 4.78 is 12.4. The molecule has 1 heterocycles. The van der Waals surface area contributed by atoms with E-state index in [1.54, 1.807) is 24.4 Å². The summed E-state index contributed by atoms with van der Waals surface area (Å²) >= 11 is 6.07. The fraction of sp³-hybridized carbons (Fsp3) is 0.217. The second kappa shape index (κ2) is 8.97. The summed E-state index contributed by atoms with van der Waals surface area (Å²) in [4.78, 5) is 16.3. The van der Waals surface area contributed by atoms with Crippen LogP contribution in [0, 0.1) is 13.8 Å². The Morgan fingerprint density at radius 2 is 1.86 bits per heavy atom. The van der Waals surface area contributed by atoms with Crippen molar-refractivity contribution in [2.24, 2.45) is 4.99 Å². The molecular formula is C23H23ClN2O3. The Hall–Kier alpha value is -3.05. The van der Waals surface area contributed by atoms with Gasteiger partial charge in [-0.1, -0.05) is 11.6 Å². The van der Waals surface area contributed by atoms with Crippen molar-refractivity contribution in [3.8, 4) is 11.4 Å². The molecule has 0 bridgehead atoms. The van der Waals surface area contributed by atoms with Crippen LogP contribution in [0.3, 0.4) is 0 Å². The van der Waals surface area contributed by atoms with E-state index in [0.717, 1.165) is 28.4 Å². The van der Waals surface area contributed by atoms with E-state index in [1.807, 2.05) is 38.1 Å². The van der Waals surface area contributed by atoms with Crippen molar-refractivity contribution >= 4 is 29.5 Å². The zero-order valence-corrected chi connectivity index (χ0v) is 17.7. The predicted octanol–water partition coefficient (Wildman–Crippen LogP) is 5.68. The minimum Gasteiger partial charge on any atom is -0.494 e. The van der Waals surface area contributed by atoms with Crippen molar-refractivity contribution in [3.05, 3.63) is 76.1 Å². The Labute approximate surface area is 175 Å². The zero-order valence-electron chi connectivity index (χ0n) is 16.9. The molecule has 0 saturated heterocycles. The van der Waals surface area contributed by atoms with E-state index < -0.39 is 5.97 Å². The molecule has 0 saturated carbocycles. The van der Waals surface area contributed by atoms with E-state index in [2.05, 4.69) is 22.5 Å². The number of hydrogen-bond acceptors (Lipinski definition) is 4. The van der Waals surface area contributed by atoms with E-state index in [0.29, 0.717) is 22.9 Å². The molecule has 5 nitrogen and oxygen atoms in total. The van der Waals surface area contributed by atoms with Crippen LogP contribution in [-0.4, -0.2) is 30.5 Å². The van der Waals surface area contributed by atoms with Crippen LogP contribution in [0.1, 0.15) is 34.2 Å². The molecule has 0 atom stereocenters. The van der Waals surface area contributed by atoms with Gasteiger partial charge in [-0.05, 0) is 69.3 Å². The molecular weight excluding hydrogens is 388 g/mol. The number of rotatable bonds is 6. The van der Waals surface area contributed by atoms with E-state index in [4.69, 9.17) is 21.1 Å². The molecule has 0 N–H and O–H groups in total. The molecule has 150 valence electrons. The number of aliphatic imine (C=N–C) groups is 1. The summed E-state index contributed by atoms with van der Waals surface area (Å²) in [7, 11) is 1.32. The molecule has 0 amide bonds. The minimum absolute atomic E-state index is 0.295. The first-order valence-electron chi connectivity index (χ1n) is 9.28. The first-order chi connectivity index (χ1) is 13.9. The number of ether oxygens (including phenoxy) is 2. The topological polar surface area (TPSA) is 52.8 Å². The molecule has 2 aromatic carbocycles. The lowest BCUT2D eigenvalue weighted by atomic mass is 10.2. The number of hydrogen-bond donors (Lipinski definition) is 0.